The van der Waals surface area contributed by atoms with E-state index in [0.717, 1.165) is 12.8 Å². The SMILES string of the molecule is CCC1CC1NC(=O)NCC(C)C(=O)O. The van der Waals surface area contributed by atoms with E-state index < -0.39 is 11.9 Å². The molecule has 5 nitrogen and oxygen atoms in total. The van der Waals surface area contributed by atoms with Crippen LogP contribution < -0.4 is 10.6 Å². The van der Waals surface area contributed by atoms with Crippen molar-refractivity contribution in [3.8, 4) is 0 Å². The Balaban J connectivity index is 2.12. The van der Waals surface area contributed by atoms with Crippen LogP contribution in [0.4, 0.5) is 4.79 Å². The molecule has 1 saturated carbocycles. The number of amides is 2. The Labute approximate surface area is 89.2 Å². The van der Waals surface area contributed by atoms with Gasteiger partial charge in [0.15, 0.2) is 0 Å². The Morgan fingerprint density at radius 2 is 2.20 bits per heavy atom. The lowest BCUT2D eigenvalue weighted by atomic mass is 10.2. The number of hydrogen-bond acceptors (Lipinski definition) is 2. The monoisotopic (exact) mass is 214 g/mol. The van der Waals surface area contributed by atoms with Crippen molar-refractivity contribution in [1.29, 1.82) is 0 Å². The zero-order chi connectivity index (χ0) is 11.4. The fourth-order valence-electron chi connectivity index (χ4n) is 1.43. The topological polar surface area (TPSA) is 78.4 Å². The molecule has 1 rings (SSSR count). The Bertz CT molecular complexity index is 255. The van der Waals surface area contributed by atoms with Crippen molar-refractivity contribution in [3.63, 3.8) is 0 Å². The molecule has 0 aromatic rings. The van der Waals surface area contributed by atoms with Crippen LogP contribution in [0.1, 0.15) is 26.7 Å². The molecular formula is C10H18N2O3. The third-order valence-corrected chi connectivity index (χ3v) is 2.75. The van der Waals surface area contributed by atoms with Crippen molar-refractivity contribution in [3.05, 3.63) is 0 Å². The highest BCUT2D eigenvalue weighted by atomic mass is 16.4. The molecule has 0 radical (unpaired) electrons. The second kappa shape index (κ2) is 5.00. The van der Waals surface area contributed by atoms with E-state index in [1.54, 1.807) is 6.92 Å². The van der Waals surface area contributed by atoms with Crippen molar-refractivity contribution in [2.24, 2.45) is 11.8 Å². The minimum absolute atomic E-state index is 0.171. The van der Waals surface area contributed by atoms with Gasteiger partial charge in [-0.3, -0.25) is 4.79 Å². The van der Waals surface area contributed by atoms with Crippen LogP contribution in [0.3, 0.4) is 0 Å². The summed E-state index contributed by atoms with van der Waals surface area (Å²) >= 11 is 0. The van der Waals surface area contributed by atoms with Crippen molar-refractivity contribution in [2.75, 3.05) is 6.54 Å². The molecule has 0 aromatic carbocycles. The van der Waals surface area contributed by atoms with Gasteiger partial charge >= 0.3 is 12.0 Å². The first-order valence-corrected chi connectivity index (χ1v) is 5.31. The van der Waals surface area contributed by atoms with Gasteiger partial charge in [-0.2, -0.15) is 0 Å². The maximum Gasteiger partial charge on any atom is 0.315 e. The Kier molecular flexibility index (Phi) is 3.94. The quantitative estimate of drug-likeness (QED) is 0.633. The average molecular weight is 214 g/mol. The number of carboxylic acids is 1. The van der Waals surface area contributed by atoms with Gasteiger partial charge in [-0.15, -0.1) is 0 Å². The van der Waals surface area contributed by atoms with Crippen LogP contribution in [0.15, 0.2) is 0 Å². The predicted octanol–water partition coefficient (Wildman–Crippen LogP) is 0.805. The molecule has 3 unspecified atom stereocenters. The Hall–Kier alpha value is -1.26. The van der Waals surface area contributed by atoms with Crippen molar-refractivity contribution < 1.29 is 14.7 Å². The normalized spacial score (nSPS) is 25.5. The van der Waals surface area contributed by atoms with Gasteiger partial charge in [0.1, 0.15) is 0 Å². The molecule has 2 amide bonds. The van der Waals surface area contributed by atoms with Gasteiger partial charge in [-0.05, 0) is 12.3 Å². The molecule has 0 aromatic heterocycles. The van der Waals surface area contributed by atoms with E-state index in [1.807, 2.05) is 0 Å². The number of carbonyl (C=O) groups excluding carboxylic acids is 1. The van der Waals surface area contributed by atoms with E-state index in [2.05, 4.69) is 17.6 Å². The van der Waals surface area contributed by atoms with Crippen LogP contribution in [-0.2, 0) is 4.79 Å². The molecule has 0 saturated heterocycles. The molecule has 0 heterocycles. The molecule has 0 bridgehead atoms. The number of urea groups is 1. The minimum atomic E-state index is -0.895. The van der Waals surface area contributed by atoms with Gasteiger partial charge in [-0.25, -0.2) is 4.79 Å². The first-order valence-electron chi connectivity index (χ1n) is 5.31. The Morgan fingerprint density at radius 3 is 2.67 bits per heavy atom. The molecule has 1 aliphatic carbocycles. The first-order chi connectivity index (χ1) is 7.04. The average Bonchev–Trinajstić information content (AvgIpc) is 2.92. The summed E-state index contributed by atoms with van der Waals surface area (Å²) in [5, 5.41) is 14.0. The molecule has 0 spiro atoms. The summed E-state index contributed by atoms with van der Waals surface area (Å²) in [6, 6.07) is 0.0270. The molecule has 1 aliphatic rings. The van der Waals surface area contributed by atoms with E-state index in [-0.39, 0.29) is 18.6 Å². The van der Waals surface area contributed by atoms with Gasteiger partial charge in [-0.1, -0.05) is 20.3 Å². The highest BCUT2D eigenvalue weighted by molar-refractivity contribution is 5.76. The smallest absolute Gasteiger partial charge is 0.315 e. The number of rotatable bonds is 5. The zero-order valence-electron chi connectivity index (χ0n) is 9.12. The highest BCUT2D eigenvalue weighted by Gasteiger charge is 2.36. The maximum atomic E-state index is 11.3. The summed E-state index contributed by atoms with van der Waals surface area (Å²) < 4.78 is 0. The van der Waals surface area contributed by atoms with E-state index in [1.165, 1.54) is 0 Å². The third kappa shape index (κ3) is 3.77. The van der Waals surface area contributed by atoms with Crippen LogP contribution in [0, 0.1) is 11.8 Å². The standard InChI is InChI=1S/C10H18N2O3/c1-3-7-4-8(7)12-10(15)11-5-6(2)9(13)14/h6-8H,3-5H2,1-2H3,(H,13,14)(H2,11,12,15). The van der Waals surface area contributed by atoms with Crippen LogP contribution in [0.5, 0.6) is 0 Å². The lowest BCUT2D eigenvalue weighted by Gasteiger charge is -2.09. The first kappa shape index (κ1) is 11.8. The van der Waals surface area contributed by atoms with E-state index in [9.17, 15) is 9.59 Å². The molecule has 3 N–H and O–H groups in total. The summed E-state index contributed by atoms with van der Waals surface area (Å²) in [6.07, 6.45) is 2.12. The maximum absolute atomic E-state index is 11.3. The van der Waals surface area contributed by atoms with Gasteiger partial charge < -0.3 is 15.7 Å². The minimum Gasteiger partial charge on any atom is -0.481 e. The third-order valence-electron chi connectivity index (χ3n) is 2.75. The second-order valence-corrected chi connectivity index (χ2v) is 4.10. The van der Waals surface area contributed by atoms with E-state index in [0.29, 0.717) is 5.92 Å². The zero-order valence-corrected chi connectivity index (χ0v) is 9.12. The molecule has 3 atom stereocenters. The molecule has 5 heteroatoms. The number of nitrogens with one attached hydrogen (secondary N) is 2. The van der Waals surface area contributed by atoms with E-state index in [4.69, 9.17) is 5.11 Å². The van der Waals surface area contributed by atoms with Crippen LogP contribution >= 0.6 is 0 Å². The van der Waals surface area contributed by atoms with Crippen molar-refractivity contribution in [2.45, 2.75) is 32.7 Å². The number of aliphatic carboxylic acids is 1. The number of carbonyl (C=O) groups is 2. The number of hydrogen-bond donors (Lipinski definition) is 3. The van der Waals surface area contributed by atoms with E-state index >= 15 is 0 Å². The largest absolute Gasteiger partial charge is 0.481 e. The molecular weight excluding hydrogens is 196 g/mol. The lowest BCUT2D eigenvalue weighted by molar-refractivity contribution is -0.140. The molecule has 86 valence electrons. The van der Waals surface area contributed by atoms with Gasteiger partial charge in [0.25, 0.3) is 0 Å². The summed E-state index contributed by atoms with van der Waals surface area (Å²) in [4.78, 5) is 21.7. The number of carboxylic acid groups (broad SMARTS) is 1. The second-order valence-electron chi connectivity index (χ2n) is 4.10. The van der Waals surface area contributed by atoms with Gasteiger partial charge in [0, 0.05) is 12.6 Å². The summed E-state index contributed by atoms with van der Waals surface area (Å²) in [6.45, 7) is 3.83. The van der Waals surface area contributed by atoms with Crippen molar-refractivity contribution >= 4 is 12.0 Å². The molecule has 0 aliphatic heterocycles. The fraction of sp³-hybridized carbons (Fsp3) is 0.800. The van der Waals surface area contributed by atoms with Gasteiger partial charge in [0.2, 0.25) is 0 Å². The predicted molar refractivity (Wildman–Crippen MR) is 55.5 cm³/mol. The summed E-state index contributed by atoms with van der Waals surface area (Å²) in [5.41, 5.74) is 0. The van der Waals surface area contributed by atoms with Crippen LogP contribution in [0.2, 0.25) is 0 Å². The molecule has 15 heavy (non-hydrogen) atoms. The molecule has 1 fully saturated rings. The van der Waals surface area contributed by atoms with Crippen LogP contribution in [-0.4, -0.2) is 29.7 Å². The highest BCUT2D eigenvalue weighted by Crippen LogP contribution is 2.32. The Morgan fingerprint density at radius 1 is 1.53 bits per heavy atom. The summed E-state index contributed by atoms with van der Waals surface area (Å²) in [5.74, 6) is -0.835. The van der Waals surface area contributed by atoms with Crippen molar-refractivity contribution in [1.82, 2.24) is 10.6 Å². The van der Waals surface area contributed by atoms with Crippen LogP contribution in [0.25, 0.3) is 0 Å². The lowest BCUT2D eigenvalue weighted by Crippen LogP contribution is -2.40. The fourth-order valence-corrected chi connectivity index (χ4v) is 1.43. The van der Waals surface area contributed by atoms with Gasteiger partial charge in [0.05, 0.1) is 5.92 Å². The summed E-state index contributed by atoms with van der Waals surface area (Å²) in [7, 11) is 0.